The number of ether oxygens (including phenoxy) is 2. The smallest absolute Gasteiger partial charge is 0.330 e. The van der Waals surface area contributed by atoms with Gasteiger partial charge in [-0.3, -0.25) is 20.2 Å². The van der Waals surface area contributed by atoms with E-state index in [-0.39, 0.29) is 18.8 Å². The highest BCUT2D eigenvalue weighted by atomic mass is 16.6. The molecule has 0 atom stereocenters. The first-order valence-corrected chi connectivity index (χ1v) is 9.37. The molecule has 2 N–H and O–H groups in total. The van der Waals surface area contributed by atoms with E-state index in [9.17, 15) is 19.2 Å². The maximum Gasteiger partial charge on any atom is 0.330 e. The lowest BCUT2D eigenvalue weighted by Gasteiger charge is -2.13. The molecule has 4 amide bonds. The summed E-state index contributed by atoms with van der Waals surface area (Å²) >= 11 is 0. The molecule has 2 aromatic carbocycles. The molecule has 32 heavy (non-hydrogen) atoms. The van der Waals surface area contributed by atoms with Crippen LogP contribution in [0.25, 0.3) is 6.08 Å². The molecule has 0 aliphatic carbocycles. The molecule has 1 fully saturated rings. The lowest BCUT2D eigenvalue weighted by Crippen LogP contribution is -2.51. The molecule has 10 nitrogen and oxygen atoms in total. The molecule has 0 saturated carbocycles. The second kappa shape index (κ2) is 10.4. The number of hydrogen-bond acceptors (Lipinski definition) is 8. The Kier molecular flexibility index (Phi) is 7.20. The van der Waals surface area contributed by atoms with Gasteiger partial charge in [0.2, 0.25) is 0 Å². The van der Waals surface area contributed by atoms with Crippen molar-refractivity contribution in [2.45, 2.75) is 0 Å². The number of urea groups is 1. The molecular weight excluding hydrogens is 416 g/mol. The second-order valence-corrected chi connectivity index (χ2v) is 6.30. The number of benzene rings is 2. The fourth-order valence-electron chi connectivity index (χ4n) is 2.50. The van der Waals surface area contributed by atoms with Crippen LogP contribution < -0.4 is 15.4 Å². The highest BCUT2D eigenvalue weighted by molar-refractivity contribution is 6.31. The Bertz CT molecular complexity index is 1080. The van der Waals surface area contributed by atoms with Crippen LogP contribution in [-0.4, -0.2) is 37.0 Å². The van der Waals surface area contributed by atoms with E-state index in [1.54, 1.807) is 48.5 Å². The second-order valence-electron chi connectivity index (χ2n) is 6.30. The normalized spacial score (nSPS) is 13.4. The van der Waals surface area contributed by atoms with Crippen molar-refractivity contribution in [3.8, 4) is 5.75 Å². The van der Waals surface area contributed by atoms with Crippen molar-refractivity contribution in [2.24, 2.45) is 10.2 Å². The van der Waals surface area contributed by atoms with Crippen LogP contribution in [0.4, 0.5) is 16.2 Å². The quantitative estimate of drug-likeness (QED) is 0.216. The Hall–Kier alpha value is -4.60. The maximum atomic E-state index is 11.8. The Balaban J connectivity index is 1.55. The van der Waals surface area contributed by atoms with Gasteiger partial charge >= 0.3 is 12.0 Å². The third kappa shape index (κ3) is 6.20. The third-order valence-corrected chi connectivity index (χ3v) is 4.03. The predicted molar refractivity (Wildman–Crippen MR) is 113 cm³/mol. The molecular formula is C22H18N4O6. The molecule has 0 spiro atoms. The summed E-state index contributed by atoms with van der Waals surface area (Å²) in [6.07, 6.45) is 2.45. The van der Waals surface area contributed by atoms with Crippen molar-refractivity contribution < 1.29 is 28.7 Å². The van der Waals surface area contributed by atoms with Gasteiger partial charge in [-0.2, -0.15) is 10.2 Å². The van der Waals surface area contributed by atoms with Crippen LogP contribution in [0.15, 0.2) is 77.0 Å². The maximum absolute atomic E-state index is 11.8. The Morgan fingerprint density at radius 2 is 1.44 bits per heavy atom. The van der Waals surface area contributed by atoms with Crippen molar-refractivity contribution in [1.29, 1.82) is 0 Å². The van der Waals surface area contributed by atoms with Gasteiger partial charge in [0.05, 0.1) is 11.4 Å². The van der Waals surface area contributed by atoms with E-state index < -0.39 is 23.8 Å². The van der Waals surface area contributed by atoms with Crippen molar-refractivity contribution >= 4 is 41.3 Å². The summed E-state index contributed by atoms with van der Waals surface area (Å²) in [5, 5.41) is 12.3. The number of carbonyl (C=O) groups is 4. The summed E-state index contributed by atoms with van der Waals surface area (Å²) in [5.41, 5.74) is 1.57. The molecule has 10 heteroatoms. The van der Waals surface area contributed by atoms with Crippen molar-refractivity contribution in [3.05, 3.63) is 72.3 Å². The summed E-state index contributed by atoms with van der Waals surface area (Å²) < 4.78 is 10.3. The van der Waals surface area contributed by atoms with Gasteiger partial charge in [-0.05, 0) is 48.0 Å². The first-order valence-electron chi connectivity index (χ1n) is 9.37. The average molecular weight is 434 g/mol. The van der Waals surface area contributed by atoms with Gasteiger partial charge in [-0.15, -0.1) is 0 Å². The Labute approximate surface area is 182 Å². The Morgan fingerprint density at radius 3 is 2.00 bits per heavy atom. The van der Waals surface area contributed by atoms with Crippen molar-refractivity contribution in [2.75, 3.05) is 13.2 Å². The van der Waals surface area contributed by atoms with Crippen LogP contribution in [0.1, 0.15) is 5.56 Å². The zero-order chi connectivity index (χ0) is 22.9. The number of nitrogens with zero attached hydrogens (tertiary/aromatic N) is 2. The van der Waals surface area contributed by atoms with E-state index in [0.717, 1.165) is 6.08 Å². The van der Waals surface area contributed by atoms with Crippen LogP contribution in [0, 0.1) is 0 Å². The standard InChI is InChI=1S/C22H18N4O6/c1-2-19(27)32-12-11-31-17-9-7-16(8-10-17)26-25-15-5-3-14(4-6-15)13-18-20(28)23-22(30)24-21(18)29/h2-10,13H,1,11-12H2,(H2,23,24,28,29,30). The van der Waals surface area contributed by atoms with Crippen molar-refractivity contribution in [1.82, 2.24) is 10.6 Å². The van der Waals surface area contributed by atoms with E-state index in [0.29, 0.717) is 22.7 Å². The average Bonchev–Trinajstić information content (AvgIpc) is 2.79. The Morgan fingerprint density at radius 1 is 0.875 bits per heavy atom. The summed E-state index contributed by atoms with van der Waals surface area (Å²) in [6, 6.07) is 12.7. The number of imide groups is 2. The molecule has 0 bridgehead atoms. The minimum atomic E-state index is -0.846. The molecule has 162 valence electrons. The number of azo groups is 1. The SMILES string of the molecule is C=CC(=O)OCCOc1ccc(N=Nc2ccc(C=C3C(=O)NC(=O)NC3=O)cc2)cc1. The molecule has 1 aliphatic heterocycles. The highest BCUT2D eigenvalue weighted by Gasteiger charge is 2.27. The molecule has 1 saturated heterocycles. The van der Waals surface area contributed by atoms with Gasteiger partial charge in [0.15, 0.2) is 0 Å². The fourth-order valence-corrected chi connectivity index (χ4v) is 2.50. The number of nitrogens with one attached hydrogen (secondary N) is 2. The molecule has 3 rings (SSSR count). The van der Waals surface area contributed by atoms with E-state index >= 15 is 0 Å². The summed E-state index contributed by atoms with van der Waals surface area (Å²) in [5.74, 6) is -1.43. The molecule has 0 radical (unpaired) electrons. The first kappa shape index (κ1) is 22.1. The monoisotopic (exact) mass is 434 g/mol. The summed E-state index contributed by atoms with van der Waals surface area (Å²) in [4.78, 5) is 45.5. The molecule has 2 aromatic rings. The number of barbiturate groups is 1. The first-order chi connectivity index (χ1) is 15.4. The molecule has 1 aliphatic rings. The van der Waals surface area contributed by atoms with Crippen LogP contribution in [-0.2, 0) is 19.1 Å². The zero-order valence-electron chi connectivity index (χ0n) is 16.7. The lowest BCUT2D eigenvalue weighted by molar-refractivity contribution is -0.138. The predicted octanol–water partition coefficient (Wildman–Crippen LogP) is 2.96. The van der Waals surface area contributed by atoms with Gasteiger partial charge in [0.1, 0.15) is 24.5 Å². The minimum absolute atomic E-state index is 0.118. The van der Waals surface area contributed by atoms with Gasteiger partial charge in [0, 0.05) is 6.08 Å². The van der Waals surface area contributed by atoms with Gasteiger partial charge in [-0.1, -0.05) is 18.7 Å². The largest absolute Gasteiger partial charge is 0.490 e. The van der Waals surface area contributed by atoms with E-state index in [1.165, 1.54) is 6.08 Å². The van der Waals surface area contributed by atoms with E-state index in [2.05, 4.69) is 16.8 Å². The highest BCUT2D eigenvalue weighted by Crippen LogP contribution is 2.22. The number of esters is 1. The number of amides is 4. The summed E-state index contributed by atoms with van der Waals surface area (Å²) in [6.45, 7) is 3.63. The van der Waals surface area contributed by atoms with E-state index in [4.69, 9.17) is 9.47 Å². The topological polar surface area (TPSA) is 136 Å². The molecule has 1 heterocycles. The number of carbonyl (C=O) groups excluding carboxylic acids is 4. The number of rotatable bonds is 8. The van der Waals surface area contributed by atoms with Crippen LogP contribution in [0.3, 0.4) is 0 Å². The minimum Gasteiger partial charge on any atom is -0.490 e. The van der Waals surface area contributed by atoms with Crippen LogP contribution in [0.5, 0.6) is 5.75 Å². The van der Waals surface area contributed by atoms with Gasteiger partial charge in [0.25, 0.3) is 11.8 Å². The fraction of sp³-hybridized carbons (Fsp3) is 0.0909. The molecule has 0 aromatic heterocycles. The summed E-state index contributed by atoms with van der Waals surface area (Å²) in [7, 11) is 0. The van der Waals surface area contributed by atoms with Gasteiger partial charge in [-0.25, -0.2) is 9.59 Å². The van der Waals surface area contributed by atoms with Crippen LogP contribution >= 0.6 is 0 Å². The van der Waals surface area contributed by atoms with Crippen molar-refractivity contribution in [3.63, 3.8) is 0 Å². The molecule has 0 unspecified atom stereocenters. The van der Waals surface area contributed by atoms with E-state index in [1.807, 2.05) is 10.6 Å². The lowest BCUT2D eigenvalue weighted by atomic mass is 10.1. The zero-order valence-corrected chi connectivity index (χ0v) is 16.7. The number of hydrogen-bond donors (Lipinski definition) is 2. The third-order valence-electron chi connectivity index (χ3n) is 4.03. The van der Waals surface area contributed by atoms with Gasteiger partial charge < -0.3 is 9.47 Å². The van der Waals surface area contributed by atoms with Crippen LogP contribution in [0.2, 0.25) is 0 Å².